The monoisotopic (exact) mass is 327 g/mol. The normalized spacial score (nSPS) is 10.4. The first-order valence-electron chi connectivity index (χ1n) is 6.00. The lowest BCUT2D eigenvalue weighted by Gasteiger charge is -2.06. The molecular formula is C15H10BrN3O. The van der Waals surface area contributed by atoms with Crippen molar-refractivity contribution in [3.63, 3.8) is 0 Å². The smallest absolute Gasteiger partial charge is 0.257 e. The SMILES string of the molecule is O=C(Nc1ccc2cc(Br)ccc2c1)c1ccnnc1. The third kappa shape index (κ3) is 2.67. The standard InChI is InChI=1S/C15H10BrN3O/c16-13-3-1-11-8-14(4-2-10(11)7-13)19-15(20)12-5-6-17-18-9-12/h1-9H,(H,19,20). The summed E-state index contributed by atoms with van der Waals surface area (Å²) < 4.78 is 1.03. The fourth-order valence-corrected chi connectivity index (χ4v) is 2.30. The van der Waals surface area contributed by atoms with E-state index in [-0.39, 0.29) is 5.91 Å². The zero-order chi connectivity index (χ0) is 13.9. The van der Waals surface area contributed by atoms with Crippen LogP contribution < -0.4 is 5.32 Å². The molecular weight excluding hydrogens is 318 g/mol. The Bertz CT molecular complexity index is 774. The van der Waals surface area contributed by atoms with Gasteiger partial charge in [-0.25, -0.2) is 0 Å². The first kappa shape index (κ1) is 12.7. The van der Waals surface area contributed by atoms with E-state index in [0.717, 1.165) is 20.9 Å². The molecule has 0 aliphatic heterocycles. The lowest BCUT2D eigenvalue weighted by atomic mass is 10.1. The van der Waals surface area contributed by atoms with Gasteiger partial charge in [-0.15, -0.1) is 0 Å². The summed E-state index contributed by atoms with van der Waals surface area (Å²) in [6.07, 6.45) is 2.93. The number of hydrogen-bond acceptors (Lipinski definition) is 3. The molecule has 0 unspecified atom stereocenters. The Morgan fingerprint density at radius 2 is 1.80 bits per heavy atom. The Labute approximate surface area is 124 Å². The number of carbonyl (C=O) groups excluding carboxylic acids is 1. The molecule has 4 nitrogen and oxygen atoms in total. The number of benzene rings is 2. The van der Waals surface area contributed by atoms with Crippen molar-refractivity contribution in [2.45, 2.75) is 0 Å². The van der Waals surface area contributed by atoms with E-state index in [0.29, 0.717) is 5.56 Å². The molecule has 0 aliphatic rings. The first-order valence-corrected chi connectivity index (χ1v) is 6.79. The second kappa shape index (κ2) is 5.38. The van der Waals surface area contributed by atoms with Gasteiger partial charge in [0.1, 0.15) is 0 Å². The van der Waals surface area contributed by atoms with E-state index in [9.17, 15) is 4.79 Å². The number of halogens is 1. The van der Waals surface area contributed by atoms with Gasteiger partial charge in [0.2, 0.25) is 0 Å². The van der Waals surface area contributed by atoms with Gasteiger partial charge in [-0.3, -0.25) is 4.79 Å². The minimum absolute atomic E-state index is 0.198. The summed E-state index contributed by atoms with van der Waals surface area (Å²) >= 11 is 3.44. The summed E-state index contributed by atoms with van der Waals surface area (Å²) in [6, 6.07) is 13.4. The number of rotatable bonds is 2. The van der Waals surface area contributed by atoms with Crippen LogP contribution in [0.1, 0.15) is 10.4 Å². The summed E-state index contributed by atoms with van der Waals surface area (Å²) in [6.45, 7) is 0. The third-order valence-corrected chi connectivity index (χ3v) is 3.40. The van der Waals surface area contributed by atoms with E-state index in [1.165, 1.54) is 12.4 Å². The van der Waals surface area contributed by atoms with Crippen LogP contribution in [0.15, 0.2) is 59.3 Å². The van der Waals surface area contributed by atoms with Crippen molar-refractivity contribution in [2.24, 2.45) is 0 Å². The lowest BCUT2D eigenvalue weighted by molar-refractivity contribution is 0.102. The van der Waals surface area contributed by atoms with Crippen molar-refractivity contribution >= 4 is 38.3 Å². The molecule has 0 aliphatic carbocycles. The van der Waals surface area contributed by atoms with Gasteiger partial charge in [0.25, 0.3) is 5.91 Å². The maximum Gasteiger partial charge on any atom is 0.257 e. The molecule has 5 heteroatoms. The van der Waals surface area contributed by atoms with Crippen LogP contribution in [0.25, 0.3) is 10.8 Å². The molecule has 0 radical (unpaired) electrons. The predicted octanol–water partition coefficient (Wildman–Crippen LogP) is 3.64. The van der Waals surface area contributed by atoms with E-state index >= 15 is 0 Å². The van der Waals surface area contributed by atoms with Gasteiger partial charge in [-0.05, 0) is 41.1 Å². The van der Waals surface area contributed by atoms with Crippen LogP contribution in [-0.4, -0.2) is 16.1 Å². The molecule has 1 heterocycles. The molecule has 1 aromatic heterocycles. The summed E-state index contributed by atoms with van der Waals surface area (Å²) in [5.41, 5.74) is 1.23. The van der Waals surface area contributed by atoms with E-state index in [1.807, 2.05) is 36.4 Å². The zero-order valence-corrected chi connectivity index (χ0v) is 12.0. The van der Waals surface area contributed by atoms with Gasteiger partial charge in [0.05, 0.1) is 18.0 Å². The lowest BCUT2D eigenvalue weighted by Crippen LogP contribution is -2.12. The Balaban J connectivity index is 1.88. The topological polar surface area (TPSA) is 54.9 Å². The van der Waals surface area contributed by atoms with Crippen LogP contribution in [0.5, 0.6) is 0 Å². The molecule has 3 aromatic rings. The maximum atomic E-state index is 12.0. The second-order valence-electron chi connectivity index (χ2n) is 4.29. The Morgan fingerprint density at radius 1 is 1.00 bits per heavy atom. The molecule has 0 atom stereocenters. The van der Waals surface area contributed by atoms with Crippen molar-refractivity contribution in [2.75, 3.05) is 5.32 Å². The highest BCUT2D eigenvalue weighted by Gasteiger charge is 2.06. The van der Waals surface area contributed by atoms with Gasteiger partial charge >= 0.3 is 0 Å². The van der Waals surface area contributed by atoms with Crippen LogP contribution in [0.3, 0.4) is 0 Å². The number of amides is 1. The minimum Gasteiger partial charge on any atom is -0.322 e. The molecule has 0 bridgehead atoms. The van der Waals surface area contributed by atoms with Crippen molar-refractivity contribution in [1.29, 1.82) is 0 Å². The van der Waals surface area contributed by atoms with Gasteiger partial charge < -0.3 is 5.32 Å². The third-order valence-electron chi connectivity index (χ3n) is 2.91. The molecule has 2 aromatic carbocycles. The number of anilines is 1. The highest BCUT2D eigenvalue weighted by Crippen LogP contribution is 2.23. The van der Waals surface area contributed by atoms with Gasteiger partial charge in [-0.1, -0.05) is 28.1 Å². The first-order chi connectivity index (χ1) is 9.72. The Kier molecular flexibility index (Phi) is 3.43. The number of fused-ring (bicyclic) bond motifs is 1. The quantitative estimate of drug-likeness (QED) is 0.781. The molecule has 1 N–H and O–H groups in total. The zero-order valence-electron chi connectivity index (χ0n) is 10.4. The number of nitrogens with zero attached hydrogens (tertiary/aromatic N) is 2. The summed E-state index contributed by atoms with van der Waals surface area (Å²) in [5, 5.41) is 12.4. The molecule has 0 saturated heterocycles. The molecule has 1 amide bonds. The Hall–Kier alpha value is -2.27. The van der Waals surface area contributed by atoms with Crippen LogP contribution in [0.2, 0.25) is 0 Å². The van der Waals surface area contributed by atoms with E-state index in [4.69, 9.17) is 0 Å². The van der Waals surface area contributed by atoms with E-state index in [2.05, 4.69) is 31.4 Å². The van der Waals surface area contributed by atoms with Crippen molar-refractivity contribution < 1.29 is 4.79 Å². The van der Waals surface area contributed by atoms with Gasteiger partial charge in [0.15, 0.2) is 0 Å². The number of nitrogens with one attached hydrogen (secondary N) is 1. The summed E-state index contributed by atoms with van der Waals surface area (Å²) in [5.74, 6) is -0.198. The molecule has 20 heavy (non-hydrogen) atoms. The molecule has 0 fully saturated rings. The fraction of sp³-hybridized carbons (Fsp3) is 0. The number of aromatic nitrogens is 2. The average molecular weight is 328 g/mol. The summed E-state index contributed by atoms with van der Waals surface area (Å²) in [4.78, 5) is 12.0. The number of carbonyl (C=O) groups is 1. The molecule has 0 saturated carbocycles. The molecule has 98 valence electrons. The predicted molar refractivity (Wildman–Crippen MR) is 81.6 cm³/mol. The maximum absolute atomic E-state index is 12.0. The largest absolute Gasteiger partial charge is 0.322 e. The van der Waals surface area contributed by atoms with Crippen molar-refractivity contribution in [1.82, 2.24) is 10.2 Å². The molecule has 3 rings (SSSR count). The average Bonchev–Trinajstić information content (AvgIpc) is 2.48. The highest BCUT2D eigenvalue weighted by atomic mass is 79.9. The Morgan fingerprint density at radius 3 is 2.60 bits per heavy atom. The van der Waals surface area contributed by atoms with Gasteiger partial charge in [-0.2, -0.15) is 10.2 Å². The van der Waals surface area contributed by atoms with Crippen molar-refractivity contribution in [3.05, 3.63) is 64.9 Å². The van der Waals surface area contributed by atoms with Crippen LogP contribution in [0.4, 0.5) is 5.69 Å². The van der Waals surface area contributed by atoms with Gasteiger partial charge in [0, 0.05) is 10.2 Å². The van der Waals surface area contributed by atoms with Crippen LogP contribution in [-0.2, 0) is 0 Å². The van der Waals surface area contributed by atoms with Crippen molar-refractivity contribution in [3.8, 4) is 0 Å². The number of hydrogen-bond donors (Lipinski definition) is 1. The minimum atomic E-state index is -0.198. The summed E-state index contributed by atoms with van der Waals surface area (Å²) in [7, 11) is 0. The highest BCUT2D eigenvalue weighted by molar-refractivity contribution is 9.10. The fourth-order valence-electron chi connectivity index (χ4n) is 1.92. The molecule has 0 spiro atoms. The van der Waals surface area contributed by atoms with Crippen LogP contribution in [0, 0.1) is 0 Å². The van der Waals surface area contributed by atoms with Crippen LogP contribution >= 0.6 is 15.9 Å². The van der Waals surface area contributed by atoms with E-state index in [1.54, 1.807) is 6.07 Å². The van der Waals surface area contributed by atoms with E-state index < -0.39 is 0 Å². The second-order valence-corrected chi connectivity index (χ2v) is 5.21.